The Labute approximate surface area is 129 Å². The summed E-state index contributed by atoms with van der Waals surface area (Å²) in [6.45, 7) is 0. The molecule has 0 aliphatic carbocycles. The van der Waals surface area contributed by atoms with Crippen LogP contribution in [-0.4, -0.2) is 4.98 Å². The summed E-state index contributed by atoms with van der Waals surface area (Å²) in [4.78, 5) is 4.38. The van der Waals surface area contributed by atoms with Crippen LogP contribution >= 0.6 is 0 Å². The molecule has 1 aliphatic rings. The van der Waals surface area contributed by atoms with Crippen LogP contribution in [-0.2, 0) is 0 Å². The molecule has 1 aromatic heterocycles. The van der Waals surface area contributed by atoms with Crippen LogP contribution in [0.2, 0.25) is 0 Å². The van der Waals surface area contributed by atoms with E-state index in [-0.39, 0.29) is 0 Å². The maximum absolute atomic E-state index is 4.38. The van der Waals surface area contributed by atoms with Crippen LogP contribution < -0.4 is 10.6 Å². The molecular formula is C19H15N3. The lowest BCUT2D eigenvalue weighted by molar-refractivity contribution is 1.30. The Morgan fingerprint density at radius 3 is 2.00 bits per heavy atom. The predicted molar refractivity (Wildman–Crippen MR) is 92.6 cm³/mol. The highest BCUT2D eigenvalue weighted by Crippen LogP contribution is 2.24. The third kappa shape index (κ3) is 2.69. The van der Waals surface area contributed by atoms with E-state index in [1.54, 1.807) is 6.20 Å². The Kier molecular flexibility index (Phi) is 3.09. The Bertz CT molecular complexity index is 786. The van der Waals surface area contributed by atoms with Gasteiger partial charge < -0.3 is 10.6 Å². The molecule has 0 atom stereocenters. The van der Waals surface area contributed by atoms with Gasteiger partial charge in [0.15, 0.2) is 0 Å². The zero-order valence-electron chi connectivity index (χ0n) is 12.0. The fourth-order valence-corrected chi connectivity index (χ4v) is 2.52. The van der Waals surface area contributed by atoms with E-state index in [9.17, 15) is 0 Å². The minimum Gasteiger partial charge on any atom is -0.355 e. The molecule has 0 spiro atoms. The van der Waals surface area contributed by atoms with Crippen molar-refractivity contribution in [2.45, 2.75) is 0 Å². The Morgan fingerprint density at radius 1 is 0.636 bits per heavy atom. The number of rotatable bonds is 0. The van der Waals surface area contributed by atoms with E-state index in [1.807, 2.05) is 24.3 Å². The Hall–Kier alpha value is -3.07. The van der Waals surface area contributed by atoms with Crippen molar-refractivity contribution in [1.82, 2.24) is 4.98 Å². The van der Waals surface area contributed by atoms with Gasteiger partial charge >= 0.3 is 0 Å². The molecule has 4 rings (SSSR count). The third-order valence-corrected chi connectivity index (χ3v) is 3.56. The molecule has 0 radical (unpaired) electrons. The average Bonchev–Trinajstić information content (AvgIpc) is 2.54. The van der Waals surface area contributed by atoms with Crippen LogP contribution in [0.25, 0.3) is 12.2 Å². The number of fused-ring (bicyclic) bond motifs is 6. The number of benzene rings is 2. The molecule has 6 bridgehead atoms. The first-order chi connectivity index (χ1) is 10.8. The Balaban J connectivity index is 1.87. The van der Waals surface area contributed by atoms with Gasteiger partial charge in [-0.1, -0.05) is 36.4 Å². The molecule has 2 N–H and O–H groups in total. The highest BCUT2D eigenvalue weighted by atomic mass is 15.0. The van der Waals surface area contributed by atoms with Crippen LogP contribution in [0.1, 0.15) is 11.1 Å². The van der Waals surface area contributed by atoms with Gasteiger partial charge in [-0.05, 0) is 41.5 Å². The molecule has 3 heteroatoms. The SMILES string of the molecule is C1=C\c2cccc(c2)Nc2cc(ccn2)Nc2cccc/1c2. The number of hydrogen-bond donors (Lipinski definition) is 2. The standard InChI is InChI=1S/C19H15N3/c1-3-14-7-8-15-4-2-6-17(12-15)22-19-13-18(9-10-20-19)21-16(5-1)11-14/h1-13,21H,(H,20,22)/b8-7-. The van der Waals surface area contributed by atoms with Gasteiger partial charge in [-0.3, -0.25) is 0 Å². The molecule has 22 heavy (non-hydrogen) atoms. The lowest BCUT2D eigenvalue weighted by atomic mass is 10.1. The summed E-state index contributed by atoms with van der Waals surface area (Å²) in [5.41, 5.74) is 5.41. The van der Waals surface area contributed by atoms with Gasteiger partial charge in [-0.15, -0.1) is 0 Å². The van der Waals surface area contributed by atoms with Gasteiger partial charge in [-0.2, -0.15) is 0 Å². The second kappa shape index (κ2) is 5.37. The average molecular weight is 285 g/mol. The molecule has 3 aromatic rings. The minimum atomic E-state index is 0.821. The zero-order chi connectivity index (χ0) is 14.8. The summed E-state index contributed by atoms with van der Waals surface area (Å²) in [7, 11) is 0. The van der Waals surface area contributed by atoms with E-state index < -0.39 is 0 Å². The third-order valence-electron chi connectivity index (χ3n) is 3.56. The largest absolute Gasteiger partial charge is 0.355 e. The molecule has 2 aromatic carbocycles. The molecule has 0 unspecified atom stereocenters. The lowest BCUT2D eigenvalue weighted by Gasteiger charge is -2.10. The van der Waals surface area contributed by atoms with E-state index in [0.29, 0.717) is 0 Å². The smallest absolute Gasteiger partial charge is 0.132 e. The first-order valence-electron chi connectivity index (χ1n) is 7.23. The van der Waals surface area contributed by atoms with Crippen molar-refractivity contribution in [3.63, 3.8) is 0 Å². The summed E-state index contributed by atoms with van der Waals surface area (Å²) >= 11 is 0. The lowest BCUT2D eigenvalue weighted by Crippen LogP contribution is -1.96. The normalized spacial score (nSPS) is 13.6. The van der Waals surface area contributed by atoms with E-state index >= 15 is 0 Å². The van der Waals surface area contributed by atoms with Crippen LogP contribution in [0, 0.1) is 0 Å². The molecule has 0 fully saturated rings. The molecule has 1 aliphatic heterocycles. The van der Waals surface area contributed by atoms with Gasteiger partial charge in [0.25, 0.3) is 0 Å². The summed E-state index contributed by atoms with van der Waals surface area (Å²) in [6, 6.07) is 20.6. The monoisotopic (exact) mass is 285 g/mol. The summed E-state index contributed by atoms with van der Waals surface area (Å²) < 4.78 is 0. The zero-order valence-corrected chi connectivity index (χ0v) is 12.0. The van der Waals surface area contributed by atoms with Gasteiger partial charge in [0.1, 0.15) is 5.82 Å². The molecule has 3 nitrogen and oxygen atoms in total. The van der Waals surface area contributed by atoms with Crippen LogP contribution in [0.3, 0.4) is 0 Å². The first kappa shape index (κ1) is 12.7. The van der Waals surface area contributed by atoms with Crippen molar-refractivity contribution < 1.29 is 0 Å². The van der Waals surface area contributed by atoms with E-state index in [4.69, 9.17) is 0 Å². The maximum Gasteiger partial charge on any atom is 0.132 e. The summed E-state index contributed by atoms with van der Waals surface area (Å²) in [6.07, 6.45) is 6.04. The predicted octanol–water partition coefficient (Wildman–Crippen LogP) is 5.05. The van der Waals surface area contributed by atoms with Crippen molar-refractivity contribution in [2.75, 3.05) is 10.6 Å². The quantitative estimate of drug-likeness (QED) is 0.474. The van der Waals surface area contributed by atoms with Crippen molar-refractivity contribution in [3.05, 3.63) is 78.0 Å². The summed E-state index contributed by atoms with van der Waals surface area (Å²) in [5, 5.41) is 6.76. The molecule has 2 heterocycles. The molecule has 0 saturated heterocycles. The van der Waals surface area contributed by atoms with Gasteiger partial charge in [0.2, 0.25) is 0 Å². The fourth-order valence-electron chi connectivity index (χ4n) is 2.52. The highest BCUT2D eigenvalue weighted by Gasteiger charge is 2.02. The van der Waals surface area contributed by atoms with Crippen molar-refractivity contribution in [1.29, 1.82) is 0 Å². The topological polar surface area (TPSA) is 37.0 Å². The summed E-state index contributed by atoms with van der Waals surface area (Å²) in [5.74, 6) is 0.821. The highest BCUT2D eigenvalue weighted by molar-refractivity contribution is 5.75. The number of nitrogens with zero attached hydrogens (tertiary/aromatic N) is 1. The fraction of sp³-hybridized carbons (Fsp3) is 0. The van der Waals surface area contributed by atoms with Gasteiger partial charge in [0.05, 0.1) is 0 Å². The molecule has 0 amide bonds. The van der Waals surface area contributed by atoms with E-state index in [1.165, 1.54) is 0 Å². The Morgan fingerprint density at radius 2 is 1.27 bits per heavy atom. The van der Waals surface area contributed by atoms with Crippen LogP contribution in [0.4, 0.5) is 22.9 Å². The van der Waals surface area contributed by atoms with Crippen molar-refractivity contribution in [3.8, 4) is 0 Å². The van der Waals surface area contributed by atoms with E-state index in [0.717, 1.165) is 34.0 Å². The number of aromatic nitrogens is 1. The number of nitrogens with one attached hydrogen (secondary N) is 2. The maximum atomic E-state index is 4.38. The first-order valence-corrected chi connectivity index (χ1v) is 7.23. The minimum absolute atomic E-state index is 0.821. The van der Waals surface area contributed by atoms with Crippen molar-refractivity contribution >= 4 is 35.0 Å². The second-order valence-electron chi connectivity index (χ2n) is 5.26. The number of pyridine rings is 1. The number of hydrogen-bond acceptors (Lipinski definition) is 3. The second-order valence-corrected chi connectivity index (χ2v) is 5.26. The van der Waals surface area contributed by atoms with Gasteiger partial charge in [0, 0.05) is 29.3 Å². The van der Waals surface area contributed by atoms with Gasteiger partial charge in [-0.25, -0.2) is 4.98 Å². The molecular weight excluding hydrogens is 270 g/mol. The van der Waals surface area contributed by atoms with Crippen molar-refractivity contribution in [2.24, 2.45) is 0 Å². The van der Waals surface area contributed by atoms with Crippen LogP contribution in [0.15, 0.2) is 66.9 Å². The van der Waals surface area contributed by atoms with E-state index in [2.05, 4.69) is 64.2 Å². The number of anilines is 4. The van der Waals surface area contributed by atoms with Crippen LogP contribution in [0.5, 0.6) is 0 Å². The molecule has 0 saturated carbocycles. The molecule has 106 valence electrons.